The van der Waals surface area contributed by atoms with Crippen molar-refractivity contribution in [3.8, 4) is 5.75 Å². The molecule has 1 aliphatic rings. The van der Waals surface area contributed by atoms with Gasteiger partial charge in [-0.25, -0.2) is 9.18 Å². The van der Waals surface area contributed by atoms with Gasteiger partial charge in [-0.3, -0.25) is 4.98 Å². The molecule has 1 aromatic heterocycles. The highest BCUT2D eigenvalue weighted by atomic mass is 19.1. The van der Waals surface area contributed by atoms with Crippen LogP contribution in [-0.4, -0.2) is 29.3 Å². The van der Waals surface area contributed by atoms with Crippen LogP contribution in [-0.2, 0) is 4.74 Å². The van der Waals surface area contributed by atoms with E-state index < -0.39 is 17.5 Å². The fraction of sp³-hybridized carbons (Fsp3) is 0.571. The fourth-order valence-corrected chi connectivity index (χ4v) is 2.08. The maximum atomic E-state index is 13.1. The summed E-state index contributed by atoms with van der Waals surface area (Å²) in [5.74, 6) is -0.108. The molecule has 0 spiro atoms. The summed E-state index contributed by atoms with van der Waals surface area (Å²) in [5, 5.41) is 2.69. The van der Waals surface area contributed by atoms with Crippen LogP contribution in [0.1, 0.15) is 39.3 Å². The van der Waals surface area contributed by atoms with Gasteiger partial charge in [0.25, 0.3) is 0 Å². The molecular weight excluding hydrogens is 263 g/mol. The molecule has 0 saturated carbocycles. The lowest BCUT2D eigenvalue weighted by molar-refractivity contribution is 0.0519. The molecule has 1 aromatic rings. The van der Waals surface area contributed by atoms with Gasteiger partial charge in [0, 0.05) is 12.6 Å². The second-order valence-electron chi connectivity index (χ2n) is 5.85. The number of nitrogens with one attached hydrogen (secondary N) is 1. The molecule has 0 unspecified atom stereocenters. The van der Waals surface area contributed by atoms with Gasteiger partial charge in [0.1, 0.15) is 23.3 Å². The van der Waals surface area contributed by atoms with Gasteiger partial charge in [-0.1, -0.05) is 0 Å². The number of pyridine rings is 1. The number of ether oxygens (including phenoxy) is 2. The quantitative estimate of drug-likeness (QED) is 0.905. The topological polar surface area (TPSA) is 60.5 Å². The number of carbonyl (C=O) groups excluding carboxylic acids is 1. The Bertz CT molecular complexity index is 514. The van der Waals surface area contributed by atoms with Gasteiger partial charge in [-0.15, -0.1) is 0 Å². The zero-order valence-corrected chi connectivity index (χ0v) is 12.1. The van der Waals surface area contributed by atoms with Crippen LogP contribution in [0.15, 0.2) is 12.3 Å². The Morgan fingerprint density at radius 2 is 2.25 bits per heavy atom. The molecule has 0 bridgehead atoms. The van der Waals surface area contributed by atoms with Crippen LogP contribution in [0, 0.1) is 5.82 Å². The molecule has 2 rings (SSSR count). The Hall–Kier alpha value is -1.85. The number of rotatable bonds is 2. The molecule has 0 fully saturated rings. The van der Waals surface area contributed by atoms with Crippen molar-refractivity contribution in [3.63, 3.8) is 0 Å². The maximum Gasteiger partial charge on any atom is 0.407 e. The number of hydrogen-bond donors (Lipinski definition) is 1. The number of fused-ring (bicyclic) bond motifs is 1. The largest absolute Gasteiger partial charge is 0.488 e. The molecule has 2 atom stereocenters. The van der Waals surface area contributed by atoms with Crippen molar-refractivity contribution >= 4 is 6.09 Å². The first-order valence-corrected chi connectivity index (χ1v) is 6.55. The first-order chi connectivity index (χ1) is 9.26. The van der Waals surface area contributed by atoms with E-state index in [4.69, 9.17) is 9.47 Å². The van der Waals surface area contributed by atoms with E-state index in [0.29, 0.717) is 18.0 Å². The molecule has 1 aliphatic heterocycles. The van der Waals surface area contributed by atoms with Gasteiger partial charge in [0.2, 0.25) is 0 Å². The van der Waals surface area contributed by atoms with E-state index in [1.165, 1.54) is 6.07 Å². The van der Waals surface area contributed by atoms with Crippen LogP contribution >= 0.6 is 0 Å². The number of hydrogen-bond acceptors (Lipinski definition) is 4. The second kappa shape index (κ2) is 5.26. The van der Waals surface area contributed by atoms with E-state index in [9.17, 15) is 9.18 Å². The third-order valence-corrected chi connectivity index (χ3v) is 2.94. The second-order valence-corrected chi connectivity index (χ2v) is 5.85. The average Bonchev–Trinajstić information content (AvgIpc) is 2.59. The van der Waals surface area contributed by atoms with Gasteiger partial charge < -0.3 is 14.8 Å². The number of amides is 1. The lowest BCUT2D eigenvalue weighted by Crippen LogP contribution is -2.36. The SMILES string of the molecule is C[C@H]1Oc2cc(F)cnc2[C@@H]1CNC(=O)OC(C)(C)C. The van der Waals surface area contributed by atoms with Crippen LogP contribution in [0.3, 0.4) is 0 Å². The summed E-state index contributed by atoms with van der Waals surface area (Å²) in [6.07, 6.45) is 0.496. The molecule has 0 radical (unpaired) electrons. The third-order valence-electron chi connectivity index (χ3n) is 2.94. The van der Waals surface area contributed by atoms with Crippen molar-refractivity contribution in [1.29, 1.82) is 0 Å². The van der Waals surface area contributed by atoms with Crippen molar-refractivity contribution < 1.29 is 18.7 Å². The molecule has 0 aliphatic carbocycles. The normalized spacial score (nSPS) is 21.1. The van der Waals surface area contributed by atoms with Crippen LogP contribution in [0.4, 0.5) is 9.18 Å². The van der Waals surface area contributed by atoms with Crippen LogP contribution in [0.25, 0.3) is 0 Å². The van der Waals surface area contributed by atoms with Crippen LogP contribution < -0.4 is 10.1 Å². The molecule has 1 amide bonds. The number of carbonyl (C=O) groups is 1. The minimum Gasteiger partial charge on any atom is -0.488 e. The highest BCUT2D eigenvalue weighted by molar-refractivity contribution is 5.67. The molecule has 6 heteroatoms. The van der Waals surface area contributed by atoms with Gasteiger partial charge >= 0.3 is 6.09 Å². The number of nitrogens with zero attached hydrogens (tertiary/aromatic N) is 1. The Morgan fingerprint density at radius 3 is 2.90 bits per heavy atom. The minimum atomic E-state index is -0.541. The van der Waals surface area contributed by atoms with E-state index in [-0.39, 0.29) is 12.0 Å². The van der Waals surface area contributed by atoms with E-state index in [1.54, 1.807) is 20.8 Å². The zero-order valence-electron chi connectivity index (χ0n) is 12.1. The summed E-state index contributed by atoms with van der Waals surface area (Å²) < 4.78 is 23.8. The molecule has 0 aromatic carbocycles. The summed E-state index contributed by atoms with van der Waals surface area (Å²) in [6.45, 7) is 7.59. The highest BCUT2D eigenvalue weighted by Gasteiger charge is 2.33. The summed E-state index contributed by atoms with van der Waals surface area (Å²) in [7, 11) is 0. The Kier molecular flexibility index (Phi) is 3.83. The fourth-order valence-electron chi connectivity index (χ4n) is 2.08. The molecule has 5 nitrogen and oxygen atoms in total. The highest BCUT2D eigenvalue weighted by Crippen LogP contribution is 2.36. The van der Waals surface area contributed by atoms with E-state index in [2.05, 4.69) is 10.3 Å². The predicted octanol–water partition coefficient (Wildman–Crippen LogP) is 2.61. The Balaban J connectivity index is 1.99. The van der Waals surface area contributed by atoms with Crippen LogP contribution in [0.2, 0.25) is 0 Å². The first-order valence-electron chi connectivity index (χ1n) is 6.55. The van der Waals surface area contributed by atoms with Gasteiger partial charge in [-0.05, 0) is 27.7 Å². The van der Waals surface area contributed by atoms with Crippen molar-refractivity contribution in [2.75, 3.05) is 6.54 Å². The van der Waals surface area contributed by atoms with Crippen molar-refractivity contribution in [3.05, 3.63) is 23.8 Å². The maximum absolute atomic E-state index is 13.1. The van der Waals surface area contributed by atoms with Gasteiger partial charge in [0.05, 0.1) is 17.8 Å². The van der Waals surface area contributed by atoms with Gasteiger partial charge in [-0.2, -0.15) is 0 Å². The summed E-state index contributed by atoms with van der Waals surface area (Å²) in [5.41, 5.74) is 0.121. The molecule has 110 valence electrons. The molecule has 1 N–H and O–H groups in total. The molecule has 2 heterocycles. The zero-order chi connectivity index (χ0) is 14.9. The Labute approximate surface area is 117 Å². The number of aromatic nitrogens is 1. The minimum absolute atomic E-state index is 0.113. The van der Waals surface area contributed by atoms with Crippen molar-refractivity contribution in [1.82, 2.24) is 10.3 Å². The standard InChI is InChI=1S/C14H19FN2O3/c1-8-10(7-17-13(18)20-14(2,3)4)12-11(19-8)5-9(15)6-16-12/h5-6,8,10H,7H2,1-4H3,(H,17,18)/t8-,10-/m1/s1. The first kappa shape index (κ1) is 14.6. The van der Waals surface area contributed by atoms with E-state index in [0.717, 1.165) is 6.20 Å². The lowest BCUT2D eigenvalue weighted by Gasteiger charge is -2.21. The number of halogens is 1. The van der Waals surface area contributed by atoms with Crippen molar-refractivity contribution in [2.45, 2.75) is 45.3 Å². The number of alkyl carbamates (subject to hydrolysis) is 1. The average molecular weight is 282 g/mol. The predicted molar refractivity (Wildman–Crippen MR) is 71.3 cm³/mol. The molecule has 0 saturated heterocycles. The van der Waals surface area contributed by atoms with Gasteiger partial charge in [0.15, 0.2) is 0 Å². The van der Waals surface area contributed by atoms with Crippen LogP contribution in [0.5, 0.6) is 5.75 Å². The van der Waals surface area contributed by atoms with Crippen molar-refractivity contribution in [2.24, 2.45) is 0 Å². The summed E-state index contributed by atoms with van der Waals surface area (Å²) in [4.78, 5) is 15.7. The lowest BCUT2D eigenvalue weighted by atomic mass is 10.0. The molecular formula is C14H19FN2O3. The monoisotopic (exact) mass is 282 g/mol. The van der Waals surface area contributed by atoms with E-state index in [1.807, 2.05) is 6.92 Å². The van der Waals surface area contributed by atoms with E-state index >= 15 is 0 Å². The summed E-state index contributed by atoms with van der Waals surface area (Å²) in [6, 6.07) is 1.31. The smallest absolute Gasteiger partial charge is 0.407 e. The Morgan fingerprint density at radius 1 is 1.55 bits per heavy atom. The molecule has 20 heavy (non-hydrogen) atoms. The third kappa shape index (κ3) is 3.37. The summed E-state index contributed by atoms with van der Waals surface area (Å²) >= 11 is 0.